The third-order valence-electron chi connectivity index (χ3n) is 3.62. The molecule has 0 saturated heterocycles. The Bertz CT molecular complexity index is 795. The van der Waals surface area contributed by atoms with Crippen LogP contribution in [0, 0.1) is 6.92 Å². The van der Waals surface area contributed by atoms with Crippen LogP contribution in [-0.2, 0) is 0 Å². The lowest BCUT2D eigenvalue weighted by atomic mass is 10.0. The highest BCUT2D eigenvalue weighted by Crippen LogP contribution is 2.35. The molecule has 2 aromatic carbocycles. The zero-order chi connectivity index (χ0) is 15.0. The van der Waals surface area contributed by atoms with Crippen molar-refractivity contribution >= 4 is 22.6 Å². The summed E-state index contributed by atoms with van der Waals surface area (Å²) >= 11 is 6.08. The van der Waals surface area contributed by atoms with Gasteiger partial charge in [-0.2, -0.15) is 0 Å². The number of fused-ring (bicyclic) bond motifs is 1. The Morgan fingerprint density at radius 3 is 2.67 bits per heavy atom. The first-order valence-electron chi connectivity index (χ1n) is 6.68. The van der Waals surface area contributed by atoms with Gasteiger partial charge in [0.15, 0.2) is 11.3 Å². The first-order valence-corrected chi connectivity index (χ1v) is 7.06. The highest BCUT2D eigenvalue weighted by Gasteiger charge is 2.18. The lowest BCUT2D eigenvalue weighted by Crippen LogP contribution is -2.12. The average molecular weight is 302 g/mol. The number of aryl methyl sites for hydroxylation is 1. The molecule has 108 valence electrons. The zero-order valence-electron chi connectivity index (χ0n) is 11.9. The molecule has 0 spiro atoms. The van der Waals surface area contributed by atoms with E-state index in [1.165, 1.54) is 0 Å². The number of nitrogens with two attached hydrogens (primary N) is 1. The third-order valence-corrected chi connectivity index (χ3v) is 3.83. The van der Waals surface area contributed by atoms with Crippen molar-refractivity contribution < 1.29 is 9.15 Å². The summed E-state index contributed by atoms with van der Waals surface area (Å²) in [7, 11) is 1.59. The van der Waals surface area contributed by atoms with Gasteiger partial charge in [0.2, 0.25) is 0 Å². The molecule has 0 aliphatic heterocycles. The van der Waals surface area contributed by atoms with Crippen LogP contribution in [0.2, 0.25) is 5.02 Å². The smallest absolute Gasteiger partial charge is 0.176 e. The lowest BCUT2D eigenvalue weighted by Gasteiger charge is -2.11. The fourth-order valence-corrected chi connectivity index (χ4v) is 2.72. The Kier molecular flexibility index (Phi) is 3.62. The molecule has 3 rings (SSSR count). The van der Waals surface area contributed by atoms with E-state index in [1.807, 2.05) is 43.3 Å². The molecule has 3 nitrogen and oxygen atoms in total. The summed E-state index contributed by atoms with van der Waals surface area (Å²) in [5.74, 6) is 1.31. The first-order chi connectivity index (χ1) is 10.1. The summed E-state index contributed by atoms with van der Waals surface area (Å²) in [4.78, 5) is 0. The van der Waals surface area contributed by atoms with Crippen LogP contribution in [-0.4, -0.2) is 7.11 Å². The van der Waals surface area contributed by atoms with Crippen molar-refractivity contribution in [3.05, 3.63) is 64.4 Å². The minimum atomic E-state index is -0.318. The molecule has 0 saturated carbocycles. The van der Waals surface area contributed by atoms with Crippen LogP contribution < -0.4 is 10.5 Å². The van der Waals surface area contributed by atoms with Gasteiger partial charge >= 0.3 is 0 Å². The topological polar surface area (TPSA) is 48.4 Å². The molecule has 3 aromatic rings. The largest absolute Gasteiger partial charge is 0.493 e. The second-order valence-electron chi connectivity index (χ2n) is 5.01. The number of hydrogen-bond acceptors (Lipinski definition) is 3. The van der Waals surface area contributed by atoms with E-state index >= 15 is 0 Å². The number of benzene rings is 2. The van der Waals surface area contributed by atoms with Gasteiger partial charge in [-0.1, -0.05) is 35.9 Å². The van der Waals surface area contributed by atoms with Gasteiger partial charge in [0.25, 0.3) is 0 Å². The van der Waals surface area contributed by atoms with Crippen LogP contribution in [0.5, 0.6) is 5.75 Å². The molecular formula is C17H16ClNO2. The minimum absolute atomic E-state index is 0.318. The maximum Gasteiger partial charge on any atom is 0.176 e. The van der Waals surface area contributed by atoms with Gasteiger partial charge < -0.3 is 14.9 Å². The molecule has 0 fully saturated rings. The highest BCUT2D eigenvalue weighted by molar-refractivity contribution is 6.31. The van der Waals surface area contributed by atoms with Crippen molar-refractivity contribution in [2.75, 3.05) is 7.11 Å². The first kappa shape index (κ1) is 14.0. The maximum atomic E-state index is 6.34. The van der Waals surface area contributed by atoms with Gasteiger partial charge in [0.1, 0.15) is 5.76 Å². The van der Waals surface area contributed by atoms with Crippen molar-refractivity contribution in [2.45, 2.75) is 13.0 Å². The monoisotopic (exact) mass is 301 g/mol. The fraction of sp³-hybridized carbons (Fsp3) is 0.176. The molecule has 1 unspecified atom stereocenters. The van der Waals surface area contributed by atoms with Crippen molar-refractivity contribution in [2.24, 2.45) is 5.73 Å². The number of furan rings is 1. The zero-order valence-corrected chi connectivity index (χ0v) is 12.6. The van der Waals surface area contributed by atoms with Gasteiger partial charge in [-0.05, 0) is 30.2 Å². The van der Waals surface area contributed by atoms with E-state index < -0.39 is 0 Å². The Labute approximate surface area is 128 Å². The Balaban J connectivity index is 2.11. The van der Waals surface area contributed by atoms with Crippen LogP contribution in [0.15, 0.2) is 46.9 Å². The predicted octanol–water partition coefficient (Wildman–Crippen LogP) is 4.45. The van der Waals surface area contributed by atoms with E-state index in [2.05, 4.69) is 0 Å². The summed E-state index contributed by atoms with van der Waals surface area (Å²) in [6.45, 7) is 2.04. The summed E-state index contributed by atoms with van der Waals surface area (Å²) < 4.78 is 11.2. The van der Waals surface area contributed by atoms with Crippen LogP contribution in [0.25, 0.3) is 11.0 Å². The average Bonchev–Trinajstić information content (AvgIpc) is 2.90. The van der Waals surface area contributed by atoms with Gasteiger partial charge in [-0.25, -0.2) is 0 Å². The molecule has 0 amide bonds. The van der Waals surface area contributed by atoms with Crippen molar-refractivity contribution in [3.8, 4) is 5.75 Å². The molecular weight excluding hydrogens is 286 g/mol. The summed E-state index contributed by atoms with van der Waals surface area (Å²) in [5, 5.41) is 1.49. The third kappa shape index (κ3) is 2.50. The predicted molar refractivity (Wildman–Crippen MR) is 85.0 cm³/mol. The number of ether oxygens (including phenoxy) is 1. The maximum absolute atomic E-state index is 6.34. The Morgan fingerprint density at radius 1 is 1.19 bits per heavy atom. The van der Waals surface area contributed by atoms with Crippen LogP contribution in [0.1, 0.15) is 22.9 Å². The van der Waals surface area contributed by atoms with Gasteiger partial charge in [-0.3, -0.25) is 0 Å². The molecule has 0 aliphatic carbocycles. The molecule has 0 radical (unpaired) electrons. The summed E-state index contributed by atoms with van der Waals surface area (Å²) in [6.07, 6.45) is 0. The molecule has 4 heteroatoms. The standard InChI is InChI=1S/C17H16ClNO2/c1-10-5-3-4-6-13(10)16(19)14-8-11-7-12(18)9-15(20-2)17(11)21-14/h3-9,16H,19H2,1-2H3. The van der Waals surface area contributed by atoms with E-state index in [9.17, 15) is 0 Å². The van der Waals surface area contributed by atoms with E-state index in [-0.39, 0.29) is 6.04 Å². The van der Waals surface area contributed by atoms with Gasteiger partial charge in [0.05, 0.1) is 13.2 Å². The fourth-order valence-electron chi connectivity index (χ4n) is 2.50. The second kappa shape index (κ2) is 5.43. The van der Waals surface area contributed by atoms with Crippen LogP contribution in [0.3, 0.4) is 0 Å². The normalized spacial score (nSPS) is 12.6. The number of methoxy groups -OCH3 is 1. The molecule has 0 aliphatic rings. The summed E-state index contributed by atoms with van der Waals surface area (Å²) in [6, 6.07) is 13.2. The lowest BCUT2D eigenvalue weighted by molar-refractivity contribution is 0.406. The Morgan fingerprint density at radius 2 is 1.95 bits per heavy atom. The van der Waals surface area contributed by atoms with Crippen LogP contribution >= 0.6 is 11.6 Å². The second-order valence-corrected chi connectivity index (χ2v) is 5.45. The van der Waals surface area contributed by atoms with Crippen LogP contribution in [0.4, 0.5) is 0 Å². The SMILES string of the molecule is COc1cc(Cl)cc2cc(C(N)c3ccccc3C)oc12. The quantitative estimate of drug-likeness (QED) is 0.777. The molecule has 1 atom stereocenters. The van der Waals surface area contributed by atoms with Gasteiger partial charge in [0, 0.05) is 16.5 Å². The van der Waals surface area contributed by atoms with E-state index in [4.69, 9.17) is 26.5 Å². The summed E-state index contributed by atoms with van der Waals surface area (Å²) in [5.41, 5.74) is 9.19. The molecule has 21 heavy (non-hydrogen) atoms. The number of hydrogen-bond donors (Lipinski definition) is 1. The van der Waals surface area contributed by atoms with E-state index in [1.54, 1.807) is 13.2 Å². The number of halogens is 1. The van der Waals surface area contributed by atoms with Crippen molar-refractivity contribution in [3.63, 3.8) is 0 Å². The number of rotatable bonds is 3. The van der Waals surface area contributed by atoms with E-state index in [0.29, 0.717) is 22.1 Å². The minimum Gasteiger partial charge on any atom is -0.493 e. The highest BCUT2D eigenvalue weighted by atomic mass is 35.5. The van der Waals surface area contributed by atoms with Crippen molar-refractivity contribution in [1.82, 2.24) is 0 Å². The van der Waals surface area contributed by atoms with Gasteiger partial charge in [-0.15, -0.1) is 0 Å². The molecule has 1 heterocycles. The Hall–Kier alpha value is -1.97. The van der Waals surface area contributed by atoms with Crippen molar-refractivity contribution in [1.29, 1.82) is 0 Å². The molecule has 0 bridgehead atoms. The van der Waals surface area contributed by atoms with E-state index in [0.717, 1.165) is 16.5 Å². The molecule has 1 aromatic heterocycles. The molecule has 2 N–H and O–H groups in total.